The molecule has 0 aliphatic heterocycles. The minimum absolute atomic E-state index is 0.612. The van der Waals surface area contributed by atoms with Gasteiger partial charge in [-0.15, -0.1) is 0 Å². The van der Waals surface area contributed by atoms with Crippen molar-refractivity contribution in [1.29, 1.82) is 0 Å². The van der Waals surface area contributed by atoms with E-state index in [0.29, 0.717) is 12.0 Å². The van der Waals surface area contributed by atoms with Crippen LogP contribution in [0.5, 0.6) is 0 Å². The van der Waals surface area contributed by atoms with E-state index >= 15 is 0 Å². The third kappa shape index (κ3) is 5.55. The second kappa shape index (κ2) is 7.65. The van der Waals surface area contributed by atoms with Crippen molar-refractivity contribution in [2.75, 3.05) is 32.1 Å². The van der Waals surface area contributed by atoms with Gasteiger partial charge in [-0.3, -0.25) is 0 Å². The van der Waals surface area contributed by atoms with Crippen molar-refractivity contribution >= 4 is 11.8 Å². The van der Waals surface area contributed by atoms with Crippen LogP contribution in [0.2, 0.25) is 0 Å². The highest BCUT2D eigenvalue weighted by atomic mass is 32.2. The van der Waals surface area contributed by atoms with E-state index in [1.54, 1.807) is 0 Å². The van der Waals surface area contributed by atoms with Gasteiger partial charge in [0, 0.05) is 18.3 Å². The van der Waals surface area contributed by atoms with E-state index in [2.05, 4.69) is 32.1 Å². The lowest BCUT2D eigenvalue weighted by Gasteiger charge is -2.28. The first kappa shape index (κ1) is 13.3. The topological polar surface area (TPSA) is 29.3 Å². The molecule has 2 nitrogen and oxygen atoms in total. The van der Waals surface area contributed by atoms with Gasteiger partial charge in [0.2, 0.25) is 0 Å². The van der Waals surface area contributed by atoms with Gasteiger partial charge in [-0.05, 0) is 32.2 Å². The van der Waals surface area contributed by atoms with E-state index < -0.39 is 0 Å². The highest BCUT2D eigenvalue weighted by molar-refractivity contribution is 7.98. The van der Waals surface area contributed by atoms with Crippen molar-refractivity contribution in [3.63, 3.8) is 0 Å². The Morgan fingerprint density at radius 2 is 2.08 bits per heavy atom. The van der Waals surface area contributed by atoms with Crippen LogP contribution >= 0.6 is 11.8 Å². The van der Waals surface area contributed by atoms with Gasteiger partial charge in [-0.2, -0.15) is 11.8 Å². The summed E-state index contributed by atoms with van der Waals surface area (Å²) in [6.07, 6.45) is 3.40. The normalized spacial score (nSPS) is 16.2. The molecule has 0 saturated heterocycles. The quantitative estimate of drug-likeness (QED) is 0.684. The molecule has 13 heavy (non-hydrogen) atoms. The predicted molar refractivity (Wildman–Crippen MR) is 63.3 cm³/mol. The van der Waals surface area contributed by atoms with Crippen LogP contribution in [-0.4, -0.2) is 43.1 Å². The van der Waals surface area contributed by atoms with E-state index in [-0.39, 0.29) is 0 Å². The largest absolute Gasteiger partial charge is 0.330 e. The van der Waals surface area contributed by atoms with E-state index in [4.69, 9.17) is 5.73 Å². The standard InChI is InChI=1S/C10H24N2S/c1-5-10(8-13-4)12(3)7-9(2)6-11/h9-10H,5-8,11H2,1-4H3. The van der Waals surface area contributed by atoms with Crippen LogP contribution in [-0.2, 0) is 0 Å². The summed E-state index contributed by atoms with van der Waals surface area (Å²) < 4.78 is 0. The number of hydrogen-bond acceptors (Lipinski definition) is 3. The Balaban J connectivity index is 3.82. The average Bonchev–Trinajstić information content (AvgIpc) is 2.13. The maximum Gasteiger partial charge on any atom is 0.0180 e. The van der Waals surface area contributed by atoms with E-state index in [1.165, 1.54) is 12.2 Å². The molecule has 0 bridgehead atoms. The van der Waals surface area contributed by atoms with Crippen molar-refractivity contribution < 1.29 is 0 Å². The molecule has 0 aliphatic carbocycles. The predicted octanol–water partition coefficient (Wildman–Crippen LogP) is 1.65. The fourth-order valence-electron chi connectivity index (χ4n) is 1.46. The maximum absolute atomic E-state index is 5.60. The summed E-state index contributed by atoms with van der Waals surface area (Å²) >= 11 is 1.92. The van der Waals surface area contributed by atoms with Crippen molar-refractivity contribution in [3.8, 4) is 0 Å². The van der Waals surface area contributed by atoms with Crippen LogP contribution in [0.15, 0.2) is 0 Å². The van der Waals surface area contributed by atoms with Gasteiger partial charge in [0.1, 0.15) is 0 Å². The van der Waals surface area contributed by atoms with Crippen LogP contribution in [0, 0.1) is 5.92 Å². The molecule has 3 heteroatoms. The lowest BCUT2D eigenvalue weighted by Crippen LogP contribution is -2.37. The molecule has 0 aromatic rings. The van der Waals surface area contributed by atoms with Crippen molar-refractivity contribution in [1.82, 2.24) is 4.90 Å². The second-order valence-electron chi connectivity index (χ2n) is 3.80. The molecule has 0 amide bonds. The zero-order valence-corrected chi connectivity index (χ0v) is 10.2. The molecule has 0 aliphatic rings. The lowest BCUT2D eigenvalue weighted by molar-refractivity contribution is 0.225. The number of nitrogens with zero attached hydrogens (tertiary/aromatic N) is 1. The fraction of sp³-hybridized carbons (Fsp3) is 1.00. The molecule has 0 saturated carbocycles. The third-order valence-electron chi connectivity index (χ3n) is 2.46. The Bertz CT molecular complexity index is 119. The van der Waals surface area contributed by atoms with Crippen LogP contribution < -0.4 is 5.73 Å². The zero-order valence-electron chi connectivity index (χ0n) is 9.42. The molecule has 2 atom stereocenters. The first-order chi connectivity index (χ1) is 6.15. The molecule has 0 rings (SSSR count). The van der Waals surface area contributed by atoms with Crippen molar-refractivity contribution in [2.45, 2.75) is 26.3 Å². The van der Waals surface area contributed by atoms with Gasteiger partial charge in [0.15, 0.2) is 0 Å². The number of hydrogen-bond donors (Lipinski definition) is 1. The molecule has 2 N–H and O–H groups in total. The van der Waals surface area contributed by atoms with Gasteiger partial charge in [0.25, 0.3) is 0 Å². The Morgan fingerprint density at radius 1 is 1.46 bits per heavy atom. The lowest BCUT2D eigenvalue weighted by atomic mass is 10.1. The maximum atomic E-state index is 5.60. The van der Waals surface area contributed by atoms with Crippen LogP contribution in [0.4, 0.5) is 0 Å². The molecule has 0 aromatic heterocycles. The van der Waals surface area contributed by atoms with Crippen LogP contribution in [0.1, 0.15) is 20.3 Å². The summed E-state index contributed by atoms with van der Waals surface area (Å²) in [6.45, 7) is 6.38. The molecule has 0 radical (unpaired) electrons. The summed E-state index contributed by atoms with van der Waals surface area (Å²) in [6, 6.07) is 0.712. The van der Waals surface area contributed by atoms with E-state index in [1.807, 2.05) is 11.8 Å². The molecule has 0 spiro atoms. The van der Waals surface area contributed by atoms with Gasteiger partial charge in [-0.25, -0.2) is 0 Å². The van der Waals surface area contributed by atoms with Gasteiger partial charge in [-0.1, -0.05) is 13.8 Å². The Kier molecular flexibility index (Phi) is 7.81. The number of rotatable bonds is 7. The van der Waals surface area contributed by atoms with Crippen molar-refractivity contribution in [3.05, 3.63) is 0 Å². The minimum atomic E-state index is 0.612. The summed E-state index contributed by atoms with van der Waals surface area (Å²) in [5, 5.41) is 0. The Labute approximate surface area is 87.2 Å². The monoisotopic (exact) mass is 204 g/mol. The molecular weight excluding hydrogens is 180 g/mol. The number of thioether (sulfide) groups is 1. The second-order valence-corrected chi connectivity index (χ2v) is 4.71. The summed E-state index contributed by atoms with van der Waals surface area (Å²) in [7, 11) is 2.20. The average molecular weight is 204 g/mol. The zero-order chi connectivity index (χ0) is 10.3. The molecule has 0 fully saturated rings. The fourth-order valence-corrected chi connectivity index (χ4v) is 2.34. The molecule has 2 unspecified atom stereocenters. The summed E-state index contributed by atoms with van der Waals surface area (Å²) in [5.74, 6) is 1.84. The minimum Gasteiger partial charge on any atom is -0.330 e. The highest BCUT2D eigenvalue weighted by Crippen LogP contribution is 2.09. The first-order valence-corrected chi connectivity index (χ1v) is 6.44. The Morgan fingerprint density at radius 3 is 2.46 bits per heavy atom. The van der Waals surface area contributed by atoms with E-state index in [0.717, 1.165) is 13.1 Å². The SMILES string of the molecule is CCC(CSC)N(C)CC(C)CN. The highest BCUT2D eigenvalue weighted by Gasteiger charge is 2.13. The Hall–Kier alpha value is 0.270. The van der Waals surface area contributed by atoms with E-state index in [9.17, 15) is 0 Å². The van der Waals surface area contributed by atoms with Crippen molar-refractivity contribution in [2.24, 2.45) is 11.7 Å². The molecular formula is C10H24N2S. The first-order valence-electron chi connectivity index (χ1n) is 5.04. The molecule has 80 valence electrons. The molecule has 0 heterocycles. The molecule has 0 aromatic carbocycles. The van der Waals surface area contributed by atoms with Gasteiger partial charge < -0.3 is 10.6 Å². The van der Waals surface area contributed by atoms with Gasteiger partial charge >= 0.3 is 0 Å². The van der Waals surface area contributed by atoms with Crippen LogP contribution in [0.3, 0.4) is 0 Å². The van der Waals surface area contributed by atoms with Crippen LogP contribution in [0.25, 0.3) is 0 Å². The smallest absolute Gasteiger partial charge is 0.0180 e. The third-order valence-corrected chi connectivity index (χ3v) is 3.17. The van der Waals surface area contributed by atoms with Gasteiger partial charge in [0.05, 0.1) is 0 Å². The number of nitrogens with two attached hydrogens (primary N) is 1. The summed E-state index contributed by atoms with van der Waals surface area (Å²) in [4.78, 5) is 2.44. The summed E-state index contributed by atoms with van der Waals surface area (Å²) in [5.41, 5.74) is 5.60.